The molecule has 0 radical (unpaired) electrons. The van der Waals surface area contributed by atoms with Gasteiger partial charge in [0.2, 0.25) is 5.88 Å². The van der Waals surface area contributed by atoms with Gasteiger partial charge in [0.25, 0.3) is 5.56 Å². The zero-order chi connectivity index (χ0) is 16.8. The molecule has 6 nitrogen and oxygen atoms in total. The highest BCUT2D eigenvalue weighted by molar-refractivity contribution is 9.10. The fourth-order valence-electron chi connectivity index (χ4n) is 2.51. The van der Waals surface area contributed by atoms with Crippen molar-refractivity contribution in [3.8, 4) is 11.6 Å². The standard InChI is InChI=1S/C16H17BrN2O4/c1-16(2)15(21)14(10-8-9(17)4-5-11(10)23-16)22-12-6-7-13(20)19(3)18-12/h4-8,14-15,21H,1-3H3. The minimum absolute atomic E-state index is 0.228. The molecule has 3 rings (SSSR count). The normalized spacial score (nSPS) is 22.1. The van der Waals surface area contributed by atoms with Gasteiger partial charge in [0, 0.05) is 29.2 Å². The topological polar surface area (TPSA) is 73.6 Å². The van der Waals surface area contributed by atoms with Gasteiger partial charge in [0.15, 0.2) is 6.10 Å². The third kappa shape index (κ3) is 2.98. The van der Waals surface area contributed by atoms with Gasteiger partial charge in [-0.05, 0) is 32.0 Å². The zero-order valence-corrected chi connectivity index (χ0v) is 14.6. The first-order valence-corrected chi connectivity index (χ1v) is 7.95. The number of hydrogen-bond acceptors (Lipinski definition) is 5. The summed E-state index contributed by atoms with van der Waals surface area (Å²) in [5, 5.41) is 14.7. The number of aliphatic hydroxyl groups excluding tert-OH is 1. The third-order valence-electron chi connectivity index (χ3n) is 3.83. The summed E-state index contributed by atoms with van der Waals surface area (Å²) < 4.78 is 13.8. The Balaban J connectivity index is 2.03. The molecule has 0 fully saturated rings. The number of hydrogen-bond donors (Lipinski definition) is 1. The number of aryl methyl sites for hydroxylation is 1. The van der Waals surface area contributed by atoms with E-state index in [2.05, 4.69) is 21.0 Å². The quantitative estimate of drug-likeness (QED) is 0.864. The number of aromatic nitrogens is 2. The van der Waals surface area contributed by atoms with Crippen LogP contribution < -0.4 is 15.0 Å². The van der Waals surface area contributed by atoms with Crippen molar-refractivity contribution in [2.24, 2.45) is 7.05 Å². The molecular weight excluding hydrogens is 364 g/mol. The molecule has 0 saturated heterocycles. The molecule has 1 aromatic carbocycles. The van der Waals surface area contributed by atoms with Crippen LogP contribution in [-0.4, -0.2) is 26.6 Å². The second kappa shape index (κ2) is 5.65. The predicted molar refractivity (Wildman–Crippen MR) is 87.7 cm³/mol. The first-order chi connectivity index (χ1) is 10.8. The van der Waals surface area contributed by atoms with E-state index in [-0.39, 0.29) is 11.4 Å². The van der Waals surface area contributed by atoms with Crippen LogP contribution in [0.25, 0.3) is 0 Å². The van der Waals surface area contributed by atoms with E-state index in [4.69, 9.17) is 9.47 Å². The smallest absolute Gasteiger partial charge is 0.266 e. The lowest BCUT2D eigenvalue weighted by Gasteiger charge is -2.41. The van der Waals surface area contributed by atoms with Crippen LogP contribution in [-0.2, 0) is 7.05 Å². The molecule has 0 spiro atoms. The highest BCUT2D eigenvalue weighted by atomic mass is 79.9. The van der Waals surface area contributed by atoms with Crippen molar-refractivity contribution in [1.29, 1.82) is 0 Å². The fourth-order valence-corrected chi connectivity index (χ4v) is 2.89. The lowest BCUT2D eigenvalue weighted by Crippen LogP contribution is -2.50. The molecule has 1 aromatic heterocycles. The summed E-state index contributed by atoms with van der Waals surface area (Å²) in [6, 6.07) is 8.42. The molecule has 2 aromatic rings. The predicted octanol–water partition coefficient (Wildman–Crippen LogP) is 2.19. The molecule has 0 amide bonds. The SMILES string of the molecule is Cn1nc(OC2c3cc(Br)ccc3OC(C)(C)C2O)ccc1=O. The monoisotopic (exact) mass is 380 g/mol. The Labute approximate surface area is 141 Å². The largest absolute Gasteiger partial charge is 0.485 e. The van der Waals surface area contributed by atoms with Crippen molar-refractivity contribution < 1.29 is 14.6 Å². The van der Waals surface area contributed by atoms with Crippen LogP contribution in [0, 0.1) is 0 Å². The van der Waals surface area contributed by atoms with Gasteiger partial charge >= 0.3 is 0 Å². The van der Waals surface area contributed by atoms with Crippen molar-refractivity contribution >= 4 is 15.9 Å². The Morgan fingerprint density at radius 2 is 2.09 bits per heavy atom. The molecule has 7 heteroatoms. The van der Waals surface area contributed by atoms with Gasteiger partial charge in [0.1, 0.15) is 17.5 Å². The zero-order valence-electron chi connectivity index (χ0n) is 13.0. The third-order valence-corrected chi connectivity index (χ3v) is 4.33. The summed E-state index contributed by atoms with van der Waals surface area (Å²) in [4.78, 5) is 11.4. The van der Waals surface area contributed by atoms with Crippen LogP contribution in [0.2, 0.25) is 0 Å². The van der Waals surface area contributed by atoms with Gasteiger partial charge < -0.3 is 14.6 Å². The highest BCUT2D eigenvalue weighted by Gasteiger charge is 2.44. The second-order valence-corrected chi connectivity index (χ2v) is 6.92. The van der Waals surface area contributed by atoms with Gasteiger partial charge in [-0.25, -0.2) is 4.68 Å². The van der Waals surface area contributed by atoms with Gasteiger partial charge in [-0.2, -0.15) is 0 Å². The average molecular weight is 381 g/mol. The molecule has 0 bridgehead atoms. The lowest BCUT2D eigenvalue weighted by atomic mass is 9.88. The number of nitrogens with zero attached hydrogens (tertiary/aromatic N) is 2. The van der Waals surface area contributed by atoms with Gasteiger partial charge in [-0.3, -0.25) is 4.79 Å². The van der Waals surface area contributed by atoms with Crippen LogP contribution in [0.4, 0.5) is 0 Å². The maximum Gasteiger partial charge on any atom is 0.266 e. The van der Waals surface area contributed by atoms with Crippen LogP contribution in [0.15, 0.2) is 39.6 Å². The van der Waals surface area contributed by atoms with E-state index in [0.717, 1.165) is 10.0 Å². The van der Waals surface area contributed by atoms with Gasteiger partial charge in [0.05, 0.1) is 0 Å². The maximum absolute atomic E-state index is 11.4. The number of ether oxygens (including phenoxy) is 2. The molecule has 1 N–H and O–H groups in total. The molecule has 1 aliphatic heterocycles. The summed E-state index contributed by atoms with van der Waals surface area (Å²) in [6.45, 7) is 3.60. The summed E-state index contributed by atoms with van der Waals surface area (Å²) in [5.41, 5.74) is -0.318. The minimum atomic E-state index is -0.900. The number of fused-ring (bicyclic) bond motifs is 1. The summed E-state index contributed by atoms with van der Waals surface area (Å²) in [6.07, 6.45) is -1.56. The molecule has 23 heavy (non-hydrogen) atoms. The Morgan fingerprint density at radius 1 is 1.35 bits per heavy atom. The maximum atomic E-state index is 11.4. The van der Waals surface area contributed by atoms with Gasteiger partial charge in [-0.1, -0.05) is 15.9 Å². The molecule has 122 valence electrons. The van der Waals surface area contributed by atoms with Crippen LogP contribution in [0.3, 0.4) is 0 Å². The lowest BCUT2D eigenvalue weighted by molar-refractivity contribution is -0.104. The molecule has 1 aliphatic rings. The fraction of sp³-hybridized carbons (Fsp3) is 0.375. The van der Waals surface area contributed by atoms with E-state index in [0.29, 0.717) is 5.75 Å². The van der Waals surface area contributed by atoms with E-state index < -0.39 is 17.8 Å². The number of rotatable bonds is 2. The van der Waals surface area contributed by atoms with Crippen molar-refractivity contribution in [2.75, 3.05) is 0 Å². The average Bonchev–Trinajstić information content (AvgIpc) is 2.48. The summed E-state index contributed by atoms with van der Waals surface area (Å²) in [5.74, 6) is 0.915. The molecule has 0 saturated carbocycles. The van der Waals surface area contributed by atoms with Gasteiger partial charge in [-0.15, -0.1) is 5.10 Å². The molecule has 0 aliphatic carbocycles. The molecular formula is C16H17BrN2O4. The summed E-state index contributed by atoms with van der Waals surface area (Å²) >= 11 is 3.42. The van der Waals surface area contributed by atoms with E-state index >= 15 is 0 Å². The number of aliphatic hydroxyl groups is 1. The Morgan fingerprint density at radius 3 is 2.78 bits per heavy atom. The Hall–Kier alpha value is -1.86. The Kier molecular flexibility index (Phi) is 3.93. The first kappa shape index (κ1) is 16.0. The van der Waals surface area contributed by atoms with E-state index in [1.807, 2.05) is 18.2 Å². The number of benzene rings is 1. The van der Waals surface area contributed by atoms with Crippen molar-refractivity contribution in [3.05, 3.63) is 50.7 Å². The molecule has 2 heterocycles. The van der Waals surface area contributed by atoms with E-state index in [1.54, 1.807) is 20.9 Å². The van der Waals surface area contributed by atoms with E-state index in [9.17, 15) is 9.90 Å². The van der Waals surface area contributed by atoms with Crippen LogP contribution in [0.1, 0.15) is 25.5 Å². The van der Waals surface area contributed by atoms with Crippen molar-refractivity contribution in [2.45, 2.75) is 31.7 Å². The Bertz CT molecular complexity index is 803. The highest BCUT2D eigenvalue weighted by Crippen LogP contribution is 2.42. The van der Waals surface area contributed by atoms with Crippen LogP contribution >= 0.6 is 15.9 Å². The minimum Gasteiger partial charge on any atom is -0.485 e. The molecule has 2 atom stereocenters. The molecule has 2 unspecified atom stereocenters. The van der Waals surface area contributed by atoms with Crippen molar-refractivity contribution in [3.63, 3.8) is 0 Å². The van der Waals surface area contributed by atoms with Crippen LogP contribution in [0.5, 0.6) is 11.6 Å². The summed E-state index contributed by atoms with van der Waals surface area (Å²) in [7, 11) is 1.55. The van der Waals surface area contributed by atoms with E-state index in [1.165, 1.54) is 16.8 Å². The number of halogens is 1. The first-order valence-electron chi connectivity index (χ1n) is 7.15. The second-order valence-electron chi connectivity index (χ2n) is 6.00. The van der Waals surface area contributed by atoms with Crippen molar-refractivity contribution in [1.82, 2.24) is 9.78 Å².